The lowest BCUT2D eigenvalue weighted by Gasteiger charge is -1.87. The van der Waals surface area contributed by atoms with E-state index in [1.165, 1.54) is 7.68 Å². The quantitative estimate of drug-likeness (QED) is 0.749. The van der Waals surface area contributed by atoms with Crippen LogP contribution in [0.5, 0.6) is 0 Å². The van der Waals surface area contributed by atoms with Gasteiger partial charge in [-0.05, 0) is 39.3 Å². The fourth-order valence-corrected chi connectivity index (χ4v) is 2.32. The van der Waals surface area contributed by atoms with Gasteiger partial charge >= 0.3 is 0 Å². The number of nitrogens with zero attached hydrogens (tertiary/aromatic N) is 4. The second-order valence-corrected chi connectivity index (χ2v) is 4.94. The van der Waals surface area contributed by atoms with Crippen molar-refractivity contribution < 1.29 is 0 Å². The summed E-state index contributed by atoms with van der Waals surface area (Å²) in [5, 5.41) is 13.8. The summed E-state index contributed by atoms with van der Waals surface area (Å²) in [4.78, 5) is 1.46. The van der Waals surface area contributed by atoms with Crippen LogP contribution in [0.1, 0.15) is 0 Å². The monoisotopic (exact) mass is 292 g/mol. The first-order valence-electron chi connectivity index (χ1n) is 3.25. The van der Waals surface area contributed by atoms with Crippen LogP contribution in [0.25, 0.3) is 11.4 Å². The van der Waals surface area contributed by atoms with Crippen molar-refractivity contribution in [2.24, 2.45) is 7.05 Å². The lowest BCUT2D eigenvalue weighted by molar-refractivity contribution is 0.630. The summed E-state index contributed by atoms with van der Waals surface area (Å²) in [6.07, 6.45) is 0. The smallest absolute Gasteiger partial charge is 0.167 e. The Morgan fingerprint density at radius 3 is 2.92 bits per heavy atom. The van der Waals surface area contributed by atoms with E-state index in [1.54, 1.807) is 18.4 Å². The van der Waals surface area contributed by atoms with Gasteiger partial charge in [-0.25, -0.2) is 0 Å². The van der Waals surface area contributed by atoms with Gasteiger partial charge in [0, 0.05) is 5.56 Å². The molecule has 0 atom stereocenters. The fraction of sp³-hybridized carbons (Fsp3) is 0.167. The minimum Gasteiger partial charge on any atom is -0.167 e. The maximum absolute atomic E-state index is 4.11. The van der Waals surface area contributed by atoms with Crippen LogP contribution in [-0.2, 0) is 7.05 Å². The highest BCUT2D eigenvalue weighted by Crippen LogP contribution is 2.26. The first kappa shape index (κ1) is 8.11. The highest BCUT2D eigenvalue weighted by atomic mass is 127. The van der Waals surface area contributed by atoms with E-state index in [-0.39, 0.29) is 0 Å². The summed E-state index contributed by atoms with van der Waals surface area (Å²) >= 11 is 3.95. The van der Waals surface area contributed by atoms with Crippen LogP contribution in [0, 0.1) is 2.88 Å². The average molecular weight is 292 g/mol. The van der Waals surface area contributed by atoms with Gasteiger partial charge in [0.2, 0.25) is 5.82 Å². The molecule has 0 saturated carbocycles. The van der Waals surface area contributed by atoms with E-state index in [0.717, 1.165) is 5.56 Å². The molecule has 0 saturated heterocycles. The minimum atomic E-state index is 0.697. The third-order valence-electron chi connectivity index (χ3n) is 1.37. The van der Waals surface area contributed by atoms with Gasteiger partial charge < -0.3 is 0 Å². The van der Waals surface area contributed by atoms with Crippen LogP contribution < -0.4 is 0 Å². The van der Waals surface area contributed by atoms with Gasteiger partial charge in [-0.15, -0.1) is 21.5 Å². The molecule has 0 spiro atoms. The van der Waals surface area contributed by atoms with Crippen molar-refractivity contribution in [1.29, 1.82) is 0 Å². The zero-order valence-electron chi connectivity index (χ0n) is 6.23. The predicted octanol–water partition coefficient (Wildman–Crippen LogP) is 1.54. The molecule has 62 valence electrons. The van der Waals surface area contributed by atoms with Crippen LogP contribution in [0.15, 0.2) is 11.4 Å². The Morgan fingerprint density at radius 1 is 1.58 bits per heavy atom. The fourth-order valence-electron chi connectivity index (χ4n) is 0.845. The van der Waals surface area contributed by atoms with E-state index >= 15 is 0 Å². The van der Waals surface area contributed by atoms with Crippen molar-refractivity contribution in [2.45, 2.75) is 0 Å². The second kappa shape index (κ2) is 3.09. The van der Waals surface area contributed by atoms with Crippen molar-refractivity contribution in [3.8, 4) is 11.4 Å². The van der Waals surface area contributed by atoms with Crippen molar-refractivity contribution >= 4 is 33.9 Å². The van der Waals surface area contributed by atoms with Crippen LogP contribution >= 0.6 is 33.9 Å². The molecule has 6 heteroatoms. The topological polar surface area (TPSA) is 43.6 Å². The van der Waals surface area contributed by atoms with Gasteiger partial charge in [0.1, 0.15) is 0 Å². The van der Waals surface area contributed by atoms with E-state index in [4.69, 9.17) is 0 Å². The maximum atomic E-state index is 4.11. The third kappa shape index (κ3) is 1.36. The van der Waals surface area contributed by atoms with E-state index in [9.17, 15) is 0 Å². The number of hydrogen-bond acceptors (Lipinski definition) is 4. The Balaban J connectivity index is 2.50. The molecule has 0 radical (unpaired) electrons. The molecule has 2 aromatic rings. The molecule has 0 N–H and O–H groups in total. The molecule has 0 aliphatic carbocycles. The van der Waals surface area contributed by atoms with Crippen LogP contribution in [0.4, 0.5) is 0 Å². The highest BCUT2D eigenvalue weighted by molar-refractivity contribution is 14.1. The number of aryl methyl sites for hydroxylation is 1. The number of rotatable bonds is 1. The molecule has 0 unspecified atom stereocenters. The van der Waals surface area contributed by atoms with Gasteiger partial charge in [-0.1, -0.05) is 0 Å². The lowest BCUT2D eigenvalue weighted by Crippen LogP contribution is -1.91. The number of aromatic nitrogens is 4. The lowest BCUT2D eigenvalue weighted by atomic mass is 10.3. The van der Waals surface area contributed by atoms with Crippen LogP contribution in [-0.4, -0.2) is 20.2 Å². The Labute approximate surface area is 86.7 Å². The molecular weight excluding hydrogens is 287 g/mol. The molecule has 0 fully saturated rings. The molecular formula is C6H5IN4S. The average Bonchev–Trinajstić information content (AvgIpc) is 2.58. The molecule has 0 bridgehead atoms. The zero-order chi connectivity index (χ0) is 8.55. The minimum absolute atomic E-state index is 0.697. The summed E-state index contributed by atoms with van der Waals surface area (Å²) in [5.74, 6) is 0.697. The third-order valence-corrected chi connectivity index (χ3v) is 3.41. The normalized spacial score (nSPS) is 10.5. The first-order chi connectivity index (χ1) is 5.77. The van der Waals surface area contributed by atoms with Crippen molar-refractivity contribution in [3.05, 3.63) is 14.3 Å². The summed E-state index contributed by atoms with van der Waals surface area (Å²) < 4.78 is 1.20. The van der Waals surface area contributed by atoms with Crippen LogP contribution in [0.2, 0.25) is 0 Å². The SMILES string of the molecule is Cn1nnc(-c2ccsc2I)n1. The van der Waals surface area contributed by atoms with Gasteiger partial charge in [-0.3, -0.25) is 0 Å². The molecule has 0 aliphatic rings. The Hall–Kier alpha value is -0.500. The van der Waals surface area contributed by atoms with E-state index in [1.807, 2.05) is 11.4 Å². The van der Waals surface area contributed by atoms with Crippen molar-refractivity contribution in [3.63, 3.8) is 0 Å². The van der Waals surface area contributed by atoms with E-state index in [0.29, 0.717) is 5.82 Å². The summed E-state index contributed by atoms with van der Waals surface area (Å²) in [6, 6.07) is 2.00. The molecule has 12 heavy (non-hydrogen) atoms. The maximum Gasteiger partial charge on any atom is 0.206 e. The molecule has 2 aromatic heterocycles. The zero-order valence-corrected chi connectivity index (χ0v) is 9.20. The van der Waals surface area contributed by atoms with Gasteiger partial charge in [0.25, 0.3) is 0 Å². The first-order valence-corrected chi connectivity index (χ1v) is 5.20. The van der Waals surface area contributed by atoms with Gasteiger partial charge in [0.15, 0.2) is 0 Å². The second-order valence-electron chi connectivity index (χ2n) is 2.21. The van der Waals surface area contributed by atoms with Crippen molar-refractivity contribution in [2.75, 3.05) is 0 Å². The molecule has 0 aliphatic heterocycles. The number of halogens is 1. The predicted molar refractivity (Wildman–Crippen MR) is 54.8 cm³/mol. The molecule has 0 amide bonds. The Morgan fingerprint density at radius 2 is 2.42 bits per heavy atom. The molecule has 0 aromatic carbocycles. The van der Waals surface area contributed by atoms with E-state index < -0.39 is 0 Å². The van der Waals surface area contributed by atoms with Crippen molar-refractivity contribution in [1.82, 2.24) is 20.2 Å². The van der Waals surface area contributed by atoms with E-state index in [2.05, 4.69) is 38.0 Å². The summed E-state index contributed by atoms with van der Waals surface area (Å²) in [5.41, 5.74) is 1.06. The number of thiophene rings is 1. The Bertz CT molecular complexity index is 394. The molecule has 2 heterocycles. The molecule has 4 nitrogen and oxygen atoms in total. The van der Waals surface area contributed by atoms with Crippen LogP contribution in [0.3, 0.4) is 0 Å². The standard InChI is InChI=1S/C6H5IN4S/c1-11-9-6(8-10-11)4-2-3-12-5(4)7/h2-3H,1H3. The number of hydrogen-bond donors (Lipinski definition) is 0. The van der Waals surface area contributed by atoms with Gasteiger partial charge in [-0.2, -0.15) is 4.80 Å². The number of tetrazole rings is 1. The Kier molecular flexibility index (Phi) is 2.09. The summed E-state index contributed by atoms with van der Waals surface area (Å²) in [7, 11) is 1.76. The van der Waals surface area contributed by atoms with Gasteiger partial charge in [0.05, 0.1) is 9.93 Å². The largest absolute Gasteiger partial charge is 0.206 e. The highest BCUT2D eigenvalue weighted by Gasteiger charge is 2.08. The molecule has 2 rings (SSSR count). The summed E-state index contributed by atoms with van der Waals surface area (Å²) in [6.45, 7) is 0.